The van der Waals surface area contributed by atoms with Crippen LogP contribution >= 0.6 is 0 Å². The molecule has 0 bridgehead atoms. The number of carbonyl (C=O) groups excluding carboxylic acids is 1. The average Bonchev–Trinajstić information content (AvgIpc) is 2.01. The second-order valence-corrected chi connectivity index (χ2v) is 3.42. The van der Waals surface area contributed by atoms with Gasteiger partial charge in [0.25, 0.3) is 0 Å². The first kappa shape index (κ1) is 9.26. The fourth-order valence-electron chi connectivity index (χ4n) is 1.64. The van der Waals surface area contributed by atoms with Crippen LogP contribution in [0.3, 0.4) is 0 Å². The minimum Gasteiger partial charge on any atom is -0.336 e. The third-order valence-electron chi connectivity index (χ3n) is 2.04. The lowest BCUT2D eigenvalue weighted by molar-refractivity contribution is -0.127. The van der Waals surface area contributed by atoms with Crippen molar-refractivity contribution in [2.24, 2.45) is 0 Å². The van der Waals surface area contributed by atoms with E-state index in [1.54, 1.807) is 0 Å². The van der Waals surface area contributed by atoms with Gasteiger partial charge in [0.15, 0.2) is 0 Å². The van der Waals surface area contributed by atoms with Gasteiger partial charge in [-0.15, -0.1) is 0 Å². The highest BCUT2D eigenvalue weighted by molar-refractivity contribution is 5.87. The zero-order valence-electron chi connectivity index (χ0n) is 7.71. The summed E-state index contributed by atoms with van der Waals surface area (Å²) in [6.45, 7) is 9.21. The molecule has 2 atom stereocenters. The quantitative estimate of drug-likeness (QED) is 0.574. The summed E-state index contributed by atoms with van der Waals surface area (Å²) in [5.41, 5.74) is 0. The number of piperazine rings is 1. The third kappa shape index (κ3) is 2.08. The molecule has 1 saturated heterocycles. The van der Waals surface area contributed by atoms with Crippen molar-refractivity contribution in [3.63, 3.8) is 0 Å². The average molecular weight is 168 g/mol. The third-order valence-corrected chi connectivity index (χ3v) is 2.04. The normalized spacial score (nSPS) is 30.0. The topological polar surface area (TPSA) is 32.3 Å². The summed E-state index contributed by atoms with van der Waals surface area (Å²) < 4.78 is 0. The molecular weight excluding hydrogens is 152 g/mol. The van der Waals surface area contributed by atoms with Crippen LogP contribution in [-0.4, -0.2) is 36.0 Å². The first-order valence-electron chi connectivity index (χ1n) is 4.31. The zero-order chi connectivity index (χ0) is 9.14. The summed E-state index contributed by atoms with van der Waals surface area (Å²) >= 11 is 0. The molecule has 1 aliphatic heterocycles. The minimum atomic E-state index is 0.0372. The molecule has 1 heterocycles. The molecule has 1 N–H and O–H groups in total. The molecule has 1 aliphatic rings. The predicted molar refractivity (Wildman–Crippen MR) is 48.8 cm³/mol. The molecule has 0 aromatic carbocycles. The molecule has 68 valence electrons. The Morgan fingerprint density at radius 3 is 2.42 bits per heavy atom. The molecule has 3 nitrogen and oxygen atoms in total. The fourth-order valence-corrected chi connectivity index (χ4v) is 1.64. The van der Waals surface area contributed by atoms with E-state index in [-0.39, 0.29) is 5.91 Å². The van der Waals surface area contributed by atoms with Gasteiger partial charge in [-0.05, 0) is 19.9 Å². The lowest BCUT2D eigenvalue weighted by Gasteiger charge is -2.35. The van der Waals surface area contributed by atoms with Gasteiger partial charge in [0.05, 0.1) is 0 Å². The molecule has 12 heavy (non-hydrogen) atoms. The Labute approximate surface area is 73.4 Å². The summed E-state index contributed by atoms with van der Waals surface area (Å²) in [7, 11) is 0. The number of rotatable bonds is 1. The maximum absolute atomic E-state index is 11.2. The van der Waals surface area contributed by atoms with Crippen molar-refractivity contribution in [2.45, 2.75) is 25.9 Å². The highest BCUT2D eigenvalue weighted by Crippen LogP contribution is 2.04. The van der Waals surface area contributed by atoms with E-state index in [0.717, 1.165) is 13.1 Å². The maximum atomic E-state index is 11.2. The first-order chi connectivity index (χ1) is 5.63. The minimum absolute atomic E-state index is 0.0372. The van der Waals surface area contributed by atoms with Gasteiger partial charge in [0.2, 0.25) is 5.91 Å². The van der Waals surface area contributed by atoms with E-state index in [9.17, 15) is 4.79 Å². The number of amides is 1. The van der Waals surface area contributed by atoms with Crippen molar-refractivity contribution < 1.29 is 4.79 Å². The largest absolute Gasteiger partial charge is 0.336 e. The van der Waals surface area contributed by atoms with Gasteiger partial charge in [0, 0.05) is 25.2 Å². The van der Waals surface area contributed by atoms with Crippen LogP contribution in [0.2, 0.25) is 0 Å². The molecule has 3 heteroatoms. The standard InChI is InChI=1S/C9H16N2O/c1-4-9(12)11-5-7(2)10-8(3)6-11/h4,7-8,10H,1,5-6H2,2-3H3. The molecule has 0 spiro atoms. The second-order valence-electron chi connectivity index (χ2n) is 3.42. The Morgan fingerprint density at radius 1 is 1.50 bits per heavy atom. The van der Waals surface area contributed by atoms with Gasteiger partial charge in [-0.2, -0.15) is 0 Å². The molecule has 0 radical (unpaired) electrons. The smallest absolute Gasteiger partial charge is 0.246 e. The molecule has 2 unspecified atom stereocenters. The van der Waals surface area contributed by atoms with E-state index in [4.69, 9.17) is 0 Å². The lowest BCUT2D eigenvalue weighted by Crippen LogP contribution is -2.55. The van der Waals surface area contributed by atoms with Gasteiger partial charge >= 0.3 is 0 Å². The van der Waals surface area contributed by atoms with E-state index >= 15 is 0 Å². The Morgan fingerprint density at radius 2 is 2.00 bits per heavy atom. The summed E-state index contributed by atoms with van der Waals surface area (Å²) in [6, 6.07) is 0.773. The lowest BCUT2D eigenvalue weighted by atomic mass is 10.1. The van der Waals surface area contributed by atoms with E-state index < -0.39 is 0 Å². The Balaban J connectivity index is 2.54. The van der Waals surface area contributed by atoms with Gasteiger partial charge in [-0.3, -0.25) is 4.79 Å². The molecule has 1 fully saturated rings. The Kier molecular flexibility index (Phi) is 2.87. The van der Waals surface area contributed by atoms with Crippen molar-refractivity contribution in [3.8, 4) is 0 Å². The van der Waals surface area contributed by atoms with Crippen LogP contribution < -0.4 is 5.32 Å². The fraction of sp³-hybridized carbons (Fsp3) is 0.667. The van der Waals surface area contributed by atoms with Crippen LogP contribution in [-0.2, 0) is 4.79 Å². The van der Waals surface area contributed by atoms with Crippen LogP contribution in [0.15, 0.2) is 12.7 Å². The molecule has 0 aromatic heterocycles. The van der Waals surface area contributed by atoms with Crippen molar-refractivity contribution in [3.05, 3.63) is 12.7 Å². The van der Waals surface area contributed by atoms with E-state index in [1.165, 1.54) is 6.08 Å². The van der Waals surface area contributed by atoms with Crippen LogP contribution in [0.5, 0.6) is 0 Å². The SMILES string of the molecule is C=CC(=O)N1CC(C)NC(C)C1. The summed E-state index contributed by atoms with van der Waals surface area (Å²) in [5, 5.41) is 3.36. The number of hydrogen-bond donors (Lipinski definition) is 1. The predicted octanol–water partition coefficient (Wildman–Crippen LogP) is 0.381. The number of nitrogens with one attached hydrogen (secondary N) is 1. The van der Waals surface area contributed by atoms with E-state index in [2.05, 4.69) is 25.7 Å². The van der Waals surface area contributed by atoms with Crippen molar-refractivity contribution >= 4 is 5.91 Å². The molecular formula is C9H16N2O. The van der Waals surface area contributed by atoms with Crippen LogP contribution in [0.25, 0.3) is 0 Å². The number of carbonyl (C=O) groups is 1. The number of hydrogen-bond acceptors (Lipinski definition) is 2. The first-order valence-corrected chi connectivity index (χ1v) is 4.31. The maximum Gasteiger partial charge on any atom is 0.246 e. The summed E-state index contributed by atoms with van der Waals surface area (Å²) in [6.07, 6.45) is 1.38. The monoisotopic (exact) mass is 168 g/mol. The summed E-state index contributed by atoms with van der Waals surface area (Å²) in [5.74, 6) is 0.0372. The van der Waals surface area contributed by atoms with Gasteiger partial charge in [0.1, 0.15) is 0 Å². The van der Waals surface area contributed by atoms with Gasteiger partial charge in [-0.1, -0.05) is 6.58 Å². The van der Waals surface area contributed by atoms with Crippen molar-refractivity contribution in [1.29, 1.82) is 0 Å². The van der Waals surface area contributed by atoms with Crippen LogP contribution in [0, 0.1) is 0 Å². The van der Waals surface area contributed by atoms with Crippen LogP contribution in [0.1, 0.15) is 13.8 Å². The highest BCUT2D eigenvalue weighted by atomic mass is 16.2. The van der Waals surface area contributed by atoms with Gasteiger partial charge in [-0.25, -0.2) is 0 Å². The number of nitrogens with zero attached hydrogens (tertiary/aromatic N) is 1. The molecule has 0 saturated carbocycles. The van der Waals surface area contributed by atoms with Crippen molar-refractivity contribution in [1.82, 2.24) is 10.2 Å². The van der Waals surface area contributed by atoms with E-state index in [0.29, 0.717) is 12.1 Å². The Hall–Kier alpha value is -0.830. The summed E-state index contributed by atoms with van der Waals surface area (Å²) in [4.78, 5) is 13.1. The highest BCUT2D eigenvalue weighted by Gasteiger charge is 2.22. The zero-order valence-corrected chi connectivity index (χ0v) is 7.71. The molecule has 0 aliphatic carbocycles. The van der Waals surface area contributed by atoms with E-state index in [1.807, 2.05) is 4.90 Å². The van der Waals surface area contributed by atoms with Gasteiger partial charge < -0.3 is 10.2 Å². The Bertz CT molecular complexity index is 181. The van der Waals surface area contributed by atoms with Crippen LogP contribution in [0.4, 0.5) is 0 Å². The molecule has 1 amide bonds. The molecule has 1 rings (SSSR count). The van der Waals surface area contributed by atoms with Crippen molar-refractivity contribution in [2.75, 3.05) is 13.1 Å². The molecule has 0 aromatic rings. The second kappa shape index (κ2) is 3.72.